The Hall–Kier alpha value is -3.06. The Balaban J connectivity index is 1.68. The molecule has 2 N–H and O–H groups in total. The number of benzene rings is 2. The van der Waals surface area contributed by atoms with Gasteiger partial charge < -0.3 is 19.9 Å². The molecule has 0 spiro atoms. The predicted molar refractivity (Wildman–Crippen MR) is 158 cm³/mol. The van der Waals surface area contributed by atoms with Crippen LogP contribution in [0.4, 0.5) is 4.79 Å². The fourth-order valence-electron chi connectivity index (χ4n) is 5.65. The van der Waals surface area contributed by atoms with Crippen molar-refractivity contribution >= 4 is 12.0 Å². The first kappa shape index (κ1) is 31.5. The van der Waals surface area contributed by atoms with E-state index in [1.807, 2.05) is 48.5 Å². The average molecular weight is 553 g/mol. The second-order valence-electron chi connectivity index (χ2n) is 11.5. The van der Waals surface area contributed by atoms with Gasteiger partial charge in [0.1, 0.15) is 17.5 Å². The predicted octanol–water partition coefficient (Wildman–Crippen LogP) is 6.89. The van der Waals surface area contributed by atoms with Crippen LogP contribution in [0.25, 0.3) is 0 Å². The summed E-state index contributed by atoms with van der Waals surface area (Å²) in [5, 5.41) is 12.1. The lowest BCUT2D eigenvalue weighted by Crippen LogP contribution is -2.47. The minimum Gasteiger partial charge on any atom is -0.457 e. The van der Waals surface area contributed by atoms with Gasteiger partial charge in [-0.05, 0) is 91.7 Å². The summed E-state index contributed by atoms with van der Waals surface area (Å²) in [5.74, 6) is 3.24. The number of ether oxygens (including phenoxy) is 2. The quantitative estimate of drug-likeness (QED) is 0.235. The molecule has 7 nitrogen and oxygen atoms in total. The normalized spacial score (nSPS) is 14.9. The standard InChI is InChI=1S/C33H48N2O5/c1-24(2)29(25(3)4)15-9-10-19-34-32(37)31-30-17-16-28(40-27-13-7-5-8-14-27)23-26(30)18-20-35(31)33(38)39-22-12-6-11-21-36/h5,7-8,13-14,16-17,23-25,29,31,36H,6,9-12,15,18-22H2,1-4H3,(H,34,37). The van der Waals surface area contributed by atoms with Crippen LogP contribution in [0, 0.1) is 17.8 Å². The van der Waals surface area contributed by atoms with Crippen LogP contribution in [-0.4, -0.2) is 48.3 Å². The molecule has 3 rings (SSSR count). The molecule has 0 saturated heterocycles. The zero-order valence-electron chi connectivity index (χ0n) is 24.7. The fourth-order valence-corrected chi connectivity index (χ4v) is 5.65. The number of aliphatic hydroxyl groups is 1. The monoisotopic (exact) mass is 552 g/mol. The molecule has 1 unspecified atom stereocenters. The van der Waals surface area contributed by atoms with Crippen molar-refractivity contribution in [1.29, 1.82) is 0 Å². The van der Waals surface area contributed by atoms with E-state index in [-0.39, 0.29) is 19.1 Å². The first-order valence-electron chi connectivity index (χ1n) is 15.0. The van der Waals surface area contributed by atoms with Crippen molar-refractivity contribution in [1.82, 2.24) is 10.2 Å². The smallest absolute Gasteiger partial charge is 0.410 e. The van der Waals surface area contributed by atoms with Gasteiger partial charge in [-0.1, -0.05) is 58.4 Å². The molecule has 0 fully saturated rings. The highest BCUT2D eigenvalue weighted by atomic mass is 16.6. The third-order valence-corrected chi connectivity index (χ3v) is 7.81. The third-order valence-electron chi connectivity index (χ3n) is 7.81. The number of amides is 2. The van der Waals surface area contributed by atoms with Crippen LogP contribution in [0.2, 0.25) is 0 Å². The molecule has 40 heavy (non-hydrogen) atoms. The third kappa shape index (κ3) is 9.26. The van der Waals surface area contributed by atoms with Crippen molar-refractivity contribution in [2.24, 2.45) is 17.8 Å². The Labute approximate surface area is 240 Å². The summed E-state index contributed by atoms with van der Waals surface area (Å²) in [4.78, 5) is 28.2. The van der Waals surface area contributed by atoms with Gasteiger partial charge in [0, 0.05) is 19.7 Å². The summed E-state index contributed by atoms with van der Waals surface area (Å²) >= 11 is 0. The van der Waals surface area contributed by atoms with E-state index < -0.39 is 12.1 Å². The summed E-state index contributed by atoms with van der Waals surface area (Å²) in [5.41, 5.74) is 1.80. The number of nitrogens with zero attached hydrogens (tertiary/aromatic N) is 1. The van der Waals surface area contributed by atoms with Crippen molar-refractivity contribution in [2.75, 3.05) is 26.3 Å². The summed E-state index contributed by atoms with van der Waals surface area (Å²) in [6, 6.07) is 14.6. The molecule has 2 aromatic rings. The highest BCUT2D eigenvalue weighted by Gasteiger charge is 2.37. The van der Waals surface area contributed by atoms with E-state index in [2.05, 4.69) is 33.0 Å². The number of hydrogen-bond acceptors (Lipinski definition) is 5. The molecule has 0 aliphatic carbocycles. The van der Waals surface area contributed by atoms with Crippen molar-refractivity contribution < 1.29 is 24.2 Å². The molecular formula is C33H48N2O5. The maximum Gasteiger partial charge on any atom is 0.410 e. The van der Waals surface area contributed by atoms with E-state index >= 15 is 0 Å². The van der Waals surface area contributed by atoms with E-state index in [9.17, 15) is 9.59 Å². The number of aliphatic hydroxyl groups excluding tert-OH is 1. The van der Waals surface area contributed by atoms with E-state index in [1.165, 1.54) is 0 Å². The lowest BCUT2D eigenvalue weighted by molar-refractivity contribution is -0.126. The van der Waals surface area contributed by atoms with Gasteiger partial charge in [-0.15, -0.1) is 0 Å². The number of carbonyl (C=O) groups is 2. The van der Waals surface area contributed by atoms with Gasteiger partial charge in [0.15, 0.2) is 0 Å². The number of hydrogen-bond donors (Lipinski definition) is 2. The minimum atomic E-state index is -0.751. The van der Waals surface area contributed by atoms with Gasteiger partial charge in [-0.25, -0.2) is 4.79 Å². The molecule has 0 saturated carbocycles. The largest absolute Gasteiger partial charge is 0.457 e. The summed E-state index contributed by atoms with van der Waals surface area (Å²) in [7, 11) is 0. The fraction of sp³-hybridized carbons (Fsp3) is 0.576. The summed E-state index contributed by atoms with van der Waals surface area (Å²) in [6.45, 7) is 10.5. The van der Waals surface area contributed by atoms with Gasteiger partial charge in [-0.3, -0.25) is 9.69 Å². The van der Waals surface area contributed by atoms with Crippen molar-refractivity contribution in [2.45, 2.75) is 78.7 Å². The Morgan fingerprint density at radius 3 is 2.40 bits per heavy atom. The topological polar surface area (TPSA) is 88.1 Å². The van der Waals surface area contributed by atoms with E-state index in [4.69, 9.17) is 14.6 Å². The number of unbranched alkanes of at least 4 members (excludes halogenated alkanes) is 3. The molecule has 1 aliphatic heterocycles. The molecule has 220 valence electrons. The van der Waals surface area contributed by atoms with Crippen molar-refractivity contribution in [3.8, 4) is 11.5 Å². The van der Waals surface area contributed by atoms with E-state index in [0.717, 1.165) is 42.6 Å². The number of carbonyl (C=O) groups excluding carboxylic acids is 2. The van der Waals surface area contributed by atoms with Crippen molar-refractivity contribution in [3.05, 3.63) is 59.7 Å². The Kier molecular flexibility index (Phi) is 12.8. The highest BCUT2D eigenvalue weighted by Crippen LogP contribution is 2.34. The van der Waals surface area contributed by atoms with Gasteiger partial charge in [0.25, 0.3) is 0 Å². The van der Waals surface area contributed by atoms with Gasteiger partial charge in [0.2, 0.25) is 5.91 Å². The molecule has 0 aromatic heterocycles. The van der Waals surface area contributed by atoms with Gasteiger partial charge >= 0.3 is 6.09 Å². The maximum atomic E-state index is 13.6. The first-order chi connectivity index (χ1) is 19.3. The Bertz CT molecular complexity index is 1050. The van der Waals surface area contributed by atoms with Crippen LogP contribution in [0.5, 0.6) is 11.5 Å². The molecule has 2 aromatic carbocycles. The zero-order valence-corrected chi connectivity index (χ0v) is 24.7. The van der Waals surface area contributed by atoms with Crippen LogP contribution in [0.15, 0.2) is 48.5 Å². The lowest BCUT2D eigenvalue weighted by Gasteiger charge is -2.35. The van der Waals surface area contributed by atoms with Crippen LogP contribution < -0.4 is 10.1 Å². The highest BCUT2D eigenvalue weighted by molar-refractivity contribution is 5.88. The first-order valence-corrected chi connectivity index (χ1v) is 15.0. The molecule has 7 heteroatoms. The Morgan fingerprint density at radius 1 is 0.950 bits per heavy atom. The number of nitrogens with one attached hydrogen (secondary N) is 1. The Morgan fingerprint density at radius 2 is 1.70 bits per heavy atom. The molecular weight excluding hydrogens is 504 g/mol. The second-order valence-corrected chi connectivity index (χ2v) is 11.5. The van der Waals surface area contributed by atoms with Crippen LogP contribution >= 0.6 is 0 Å². The van der Waals surface area contributed by atoms with E-state index in [1.54, 1.807) is 4.90 Å². The average Bonchev–Trinajstić information content (AvgIpc) is 2.94. The molecule has 0 bridgehead atoms. The summed E-state index contributed by atoms with van der Waals surface area (Å²) in [6.07, 6.45) is 5.39. The van der Waals surface area contributed by atoms with Gasteiger partial charge in [0.05, 0.1) is 6.61 Å². The molecule has 1 atom stereocenters. The molecule has 1 heterocycles. The SMILES string of the molecule is CC(C)C(CCCCNC(=O)C1c2ccc(Oc3ccccc3)cc2CCN1C(=O)OCCCCCO)C(C)C. The number of rotatable bonds is 15. The molecule has 2 amide bonds. The number of para-hydroxylation sites is 1. The van der Waals surface area contributed by atoms with Crippen LogP contribution in [-0.2, 0) is 16.0 Å². The number of fused-ring (bicyclic) bond motifs is 1. The van der Waals surface area contributed by atoms with Crippen molar-refractivity contribution in [3.63, 3.8) is 0 Å². The van der Waals surface area contributed by atoms with Crippen LogP contribution in [0.1, 0.15) is 83.4 Å². The summed E-state index contributed by atoms with van der Waals surface area (Å²) < 4.78 is 11.6. The van der Waals surface area contributed by atoms with Crippen LogP contribution in [0.3, 0.4) is 0 Å². The second kappa shape index (κ2) is 16.3. The molecule has 1 aliphatic rings. The maximum absolute atomic E-state index is 13.6. The minimum absolute atomic E-state index is 0.130. The lowest BCUT2D eigenvalue weighted by atomic mass is 9.82. The van der Waals surface area contributed by atoms with Gasteiger partial charge in [-0.2, -0.15) is 0 Å². The van der Waals surface area contributed by atoms with E-state index in [0.29, 0.717) is 55.9 Å². The zero-order chi connectivity index (χ0) is 28.9. The molecule has 0 radical (unpaired) electrons.